The molecule has 21 heavy (non-hydrogen) atoms. The quantitative estimate of drug-likeness (QED) is 0.721. The van der Waals surface area contributed by atoms with E-state index in [9.17, 15) is 4.79 Å². The first kappa shape index (κ1) is 17.4. The Morgan fingerprint density at radius 3 is 2.86 bits per heavy atom. The average Bonchev–Trinajstić information content (AvgIpc) is 2.43. The molecule has 6 nitrogen and oxygen atoms in total. The number of hydrogen-bond acceptors (Lipinski definition) is 5. The van der Waals surface area contributed by atoms with Gasteiger partial charge in [0.05, 0.1) is 12.3 Å². The van der Waals surface area contributed by atoms with Gasteiger partial charge < -0.3 is 14.6 Å². The summed E-state index contributed by atoms with van der Waals surface area (Å²) in [5.41, 5.74) is -0.0840. The Hall–Kier alpha value is -1.66. The molecule has 1 aromatic heterocycles. The van der Waals surface area contributed by atoms with Crippen LogP contribution in [-0.4, -0.2) is 35.0 Å². The first-order valence-corrected chi connectivity index (χ1v) is 7.11. The molecule has 0 saturated heterocycles. The summed E-state index contributed by atoms with van der Waals surface area (Å²) >= 11 is 0. The van der Waals surface area contributed by atoms with Crippen LogP contribution in [0.3, 0.4) is 0 Å². The number of nitrogens with zero attached hydrogens (tertiary/aromatic N) is 1. The molecule has 0 aliphatic heterocycles. The molecule has 0 spiro atoms. The lowest BCUT2D eigenvalue weighted by molar-refractivity contribution is 0.0323. The van der Waals surface area contributed by atoms with Gasteiger partial charge in [-0.3, -0.25) is 5.32 Å². The summed E-state index contributed by atoms with van der Waals surface area (Å²) in [5, 5.41) is 11.6. The number of nitrogens with one attached hydrogen (secondary N) is 1. The van der Waals surface area contributed by atoms with Gasteiger partial charge in [0.2, 0.25) is 0 Å². The van der Waals surface area contributed by atoms with Gasteiger partial charge in [0.25, 0.3) is 0 Å². The second-order valence-corrected chi connectivity index (χ2v) is 5.25. The smallest absolute Gasteiger partial charge is 0.413 e. The van der Waals surface area contributed by atoms with Crippen molar-refractivity contribution in [3.63, 3.8) is 0 Å². The number of aliphatic hydroxyl groups excluding tert-OH is 1. The van der Waals surface area contributed by atoms with Crippen LogP contribution in [0.2, 0.25) is 0 Å². The van der Waals surface area contributed by atoms with E-state index in [-0.39, 0.29) is 6.61 Å². The van der Waals surface area contributed by atoms with Crippen LogP contribution in [0.5, 0.6) is 0 Å². The highest BCUT2D eigenvalue weighted by molar-refractivity contribution is 5.83. The normalized spacial score (nSPS) is 11.2. The fourth-order valence-corrected chi connectivity index (χ4v) is 1.81. The number of ether oxygens (including phenoxy) is 2. The molecule has 0 radical (unpaired) electrons. The molecule has 0 unspecified atom stereocenters. The first-order valence-electron chi connectivity index (χ1n) is 7.11. The minimum atomic E-state index is -0.574. The van der Waals surface area contributed by atoms with Gasteiger partial charge in [-0.1, -0.05) is 6.07 Å². The summed E-state index contributed by atoms with van der Waals surface area (Å²) in [6.07, 6.45) is 0.982. The number of rotatable bonds is 8. The maximum absolute atomic E-state index is 11.8. The van der Waals surface area contributed by atoms with Gasteiger partial charge in [-0.2, -0.15) is 0 Å². The standard InChI is InChI=1S/C15H24N2O4/c1-4-20-10-6-9-15(2,3)21-14(19)17-13-8-5-7-12(11-18)16-13/h5,7-8,18H,4,6,9-11H2,1-3H3,(H,16,17,19). The Morgan fingerprint density at radius 2 is 2.19 bits per heavy atom. The fourth-order valence-electron chi connectivity index (χ4n) is 1.81. The molecule has 1 amide bonds. The molecule has 118 valence electrons. The van der Waals surface area contributed by atoms with Crippen LogP contribution in [-0.2, 0) is 16.1 Å². The highest BCUT2D eigenvalue weighted by atomic mass is 16.6. The minimum Gasteiger partial charge on any atom is -0.443 e. The predicted molar refractivity (Wildman–Crippen MR) is 80.1 cm³/mol. The number of aromatic nitrogens is 1. The molecule has 2 N–H and O–H groups in total. The van der Waals surface area contributed by atoms with Crippen molar-refractivity contribution in [3.8, 4) is 0 Å². The molecule has 0 aromatic carbocycles. The summed E-state index contributed by atoms with van der Waals surface area (Å²) in [4.78, 5) is 15.9. The van der Waals surface area contributed by atoms with E-state index in [1.165, 1.54) is 0 Å². The molecule has 0 fully saturated rings. The van der Waals surface area contributed by atoms with Gasteiger partial charge in [-0.15, -0.1) is 0 Å². The van der Waals surface area contributed by atoms with E-state index in [1.54, 1.807) is 18.2 Å². The second-order valence-electron chi connectivity index (χ2n) is 5.25. The van der Waals surface area contributed by atoms with Crippen LogP contribution in [0.4, 0.5) is 10.6 Å². The van der Waals surface area contributed by atoms with Gasteiger partial charge >= 0.3 is 6.09 Å². The molecular weight excluding hydrogens is 272 g/mol. The zero-order valence-electron chi connectivity index (χ0n) is 12.9. The lowest BCUT2D eigenvalue weighted by Crippen LogP contribution is -2.31. The second kappa shape index (κ2) is 8.59. The topological polar surface area (TPSA) is 80.7 Å². The Balaban J connectivity index is 2.44. The van der Waals surface area contributed by atoms with Crippen LogP contribution in [0.15, 0.2) is 18.2 Å². The van der Waals surface area contributed by atoms with Crippen LogP contribution in [0.25, 0.3) is 0 Å². The van der Waals surface area contributed by atoms with Gasteiger partial charge in [0.15, 0.2) is 0 Å². The SMILES string of the molecule is CCOCCCC(C)(C)OC(=O)Nc1cccc(CO)n1. The third kappa shape index (κ3) is 7.06. The van der Waals surface area contributed by atoms with E-state index in [0.29, 0.717) is 31.1 Å². The Morgan fingerprint density at radius 1 is 1.43 bits per heavy atom. The third-order valence-electron chi connectivity index (χ3n) is 2.84. The molecule has 1 rings (SSSR count). The molecule has 0 bridgehead atoms. The summed E-state index contributed by atoms with van der Waals surface area (Å²) in [6.45, 7) is 6.84. The monoisotopic (exact) mass is 296 g/mol. The number of pyridine rings is 1. The molecule has 0 atom stereocenters. The van der Waals surface area contributed by atoms with E-state index in [0.717, 1.165) is 6.42 Å². The maximum atomic E-state index is 11.8. The lowest BCUT2D eigenvalue weighted by atomic mass is 10.0. The molecule has 6 heteroatoms. The van der Waals surface area contributed by atoms with Crippen molar-refractivity contribution in [2.45, 2.75) is 45.8 Å². The lowest BCUT2D eigenvalue weighted by Gasteiger charge is -2.25. The highest BCUT2D eigenvalue weighted by Crippen LogP contribution is 2.18. The molecule has 0 aliphatic rings. The number of carbonyl (C=O) groups is 1. The van der Waals surface area contributed by atoms with Crippen molar-refractivity contribution in [2.24, 2.45) is 0 Å². The van der Waals surface area contributed by atoms with Crippen LogP contribution in [0, 0.1) is 0 Å². The zero-order chi connectivity index (χ0) is 15.7. The van der Waals surface area contributed by atoms with Crippen molar-refractivity contribution in [3.05, 3.63) is 23.9 Å². The fraction of sp³-hybridized carbons (Fsp3) is 0.600. The predicted octanol–water partition coefficient (Wildman–Crippen LogP) is 2.72. The van der Waals surface area contributed by atoms with Gasteiger partial charge in [0, 0.05) is 13.2 Å². The first-order chi connectivity index (χ1) is 9.96. The Labute approximate surface area is 125 Å². The highest BCUT2D eigenvalue weighted by Gasteiger charge is 2.22. The number of amides is 1. The molecule has 0 saturated carbocycles. The summed E-state index contributed by atoms with van der Waals surface area (Å²) in [7, 11) is 0. The molecular formula is C15H24N2O4. The van der Waals surface area contributed by atoms with Crippen LogP contribution >= 0.6 is 0 Å². The van der Waals surface area contributed by atoms with Crippen molar-refractivity contribution in [1.82, 2.24) is 4.98 Å². The number of carbonyl (C=O) groups excluding carboxylic acids is 1. The minimum absolute atomic E-state index is 0.173. The summed E-state index contributed by atoms with van der Waals surface area (Å²) in [6, 6.07) is 5.03. The molecule has 1 heterocycles. The van der Waals surface area contributed by atoms with Crippen molar-refractivity contribution in [2.75, 3.05) is 18.5 Å². The van der Waals surface area contributed by atoms with E-state index in [1.807, 2.05) is 20.8 Å². The van der Waals surface area contributed by atoms with E-state index >= 15 is 0 Å². The largest absolute Gasteiger partial charge is 0.443 e. The van der Waals surface area contributed by atoms with Crippen LogP contribution < -0.4 is 5.32 Å². The van der Waals surface area contributed by atoms with Gasteiger partial charge in [-0.25, -0.2) is 9.78 Å². The zero-order valence-corrected chi connectivity index (χ0v) is 12.9. The summed E-state index contributed by atoms with van der Waals surface area (Å²) < 4.78 is 10.7. The third-order valence-corrected chi connectivity index (χ3v) is 2.84. The van der Waals surface area contributed by atoms with Crippen molar-refractivity contribution < 1.29 is 19.4 Å². The van der Waals surface area contributed by atoms with Crippen molar-refractivity contribution >= 4 is 11.9 Å². The van der Waals surface area contributed by atoms with Gasteiger partial charge in [0.1, 0.15) is 11.4 Å². The van der Waals surface area contributed by atoms with Crippen molar-refractivity contribution in [1.29, 1.82) is 0 Å². The Bertz CT molecular complexity index is 449. The van der Waals surface area contributed by atoms with Crippen LogP contribution in [0.1, 0.15) is 39.3 Å². The number of anilines is 1. The van der Waals surface area contributed by atoms with E-state index in [2.05, 4.69) is 10.3 Å². The Kier molecular flexibility index (Phi) is 7.11. The van der Waals surface area contributed by atoms with Gasteiger partial charge in [-0.05, 0) is 45.7 Å². The van der Waals surface area contributed by atoms with E-state index in [4.69, 9.17) is 14.6 Å². The maximum Gasteiger partial charge on any atom is 0.413 e. The molecule has 1 aromatic rings. The molecule has 0 aliphatic carbocycles. The van der Waals surface area contributed by atoms with E-state index < -0.39 is 11.7 Å². The summed E-state index contributed by atoms with van der Waals surface area (Å²) in [5.74, 6) is 0.358. The average molecular weight is 296 g/mol. The number of hydrogen-bond donors (Lipinski definition) is 2. The number of aliphatic hydroxyl groups is 1.